The van der Waals surface area contributed by atoms with Gasteiger partial charge in [-0.1, -0.05) is 35.0 Å². The molecule has 2 aliphatic heterocycles. The van der Waals surface area contributed by atoms with Crippen molar-refractivity contribution >= 4 is 46.7 Å². The summed E-state index contributed by atoms with van der Waals surface area (Å²) in [6.45, 7) is 0. The first-order valence-corrected chi connectivity index (χ1v) is 8.24. The third-order valence-corrected chi connectivity index (χ3v) is 5.28. The van der Waals surface area contributed by atoms with E-state index in [0.717, 1.165) is 5.03 Å². The Hall–Kier alpha value is -1.63. The summed E-state index contributed by atoms with van der Waals surface area (Å²) in [7, 11) is 1.83. The Labute approximate surface area is 146 Å². The van der Waals surface area contributed by atoms with Gasteiger partial charge in [0.2, 0.25) is 0 Å². The Balaban J connectivity index is 1.96. The second-order valence-corrected chi connectivity index (χ2v) is 6.73. The van der Waals surface area contributed by atoms with E-state index in [9.17, 15) is 9.59 Å². The van der Waals surface area contributed by atoms with Crippen LogP contribution in [0.1, 0.15) is 15.9 Å². The van der Waals surface area contributed by atoms with Crippen molar-refractivity contribution in [2.75, 3.05) is 7.05 Å². The molecule has 0 bridgehead atoms. The van der Waals surface area contributed by atoms with Crippen LogP contribution in [-0.4, -0.2) is 34.9 Å². The first-order chi connectivity index (χ1) is 10.9. The van der Waals surface area contributed by atoms with E-state index in [4.69, 9.17) is 33.0 Å². The first-order valence-electron chi connectivity index (χ1n) is 6.61. The molecule has 0 spiro atoms. The number of hydrogen-bond acceptors (Lipinski definition) is 5. The van der Waals surface area contributed by atoms with E-state index in [1.807, 2.05) is 23.6 Å². The highest BCUT2D eigenvalue weighted by molar-refractivity contribution is 8.06. The van der Waals surface area contributed by atoms with Crippen LogP contribution in [0.25, 0.3) is 0 Å². The van der Waals surface area contributed by atoms with Gasteiger partial charge < -0.3 is 14.7 Å². The molecule has 5 nitrogen and oxygen atoms in total. The molecule has 120 valence electrons. The van der Waals surface area contributed by atoms with Gasteiger partial charge in [0.1, 0.15) is 10.8 Å². The quantitative estimate of drug-likeness (QED) is 0.647. The molecule has 2 heterocycles. The number of allylic oxidation sites excluding steroid dienone is 1. The van der Waals surface area contributed by atoms with Gasteiger partial charge in [-0.05, 0) is 11.5 Å². The van der Waals surface area contributed by atoms with Gasteiger partial charge in [-0.25, -0.2) is 4.79 Å². The van der Waals surface area contributed by atoms with Crippen molar-refractivity contribution in [1.29, 1.82) is 0 Å². The second-order valence-electron chi connectivity index (χ2n) is 5.05. The molecule has 1 atom stereocenters. The molecule has 0 aromatic heterocycles. The van der Waals surface area contributed by atoms with Gasteiger partial charge in [0.25, 0.3) is 0 Å². The van der Waals surface area contributed by atoms with Crippen LogP contribution in [0.2, 0.25) is 10.0 Å². The van der Waals surface area contributed by atoms with Gasteiger partial charge in [0.05, 0.1) is 10.1 Å². The first kappa shape index (κ1) is 16.2. The van der Waals surface area contributed by atoms with Crippen LogP contribution in [0.5, 0.6) is 5.75 Å². The number of hydrogen-bond donors (Lipinski definition) is 1. The number of ether oxygens (including phenoxy) is 1. The number of carboxylic acid groups (broad SMARTS) is 1. The van der Waals surface area contributed by atoms with Gasteiger partial charge in [0, 0.05) is 36.9 Å². The summed E-state index contributed by atoms with van der Waals surface area (Å²) in [5.74, 6) is -1.14. The second kappa shape index (κ2) is 6.11. The van der Waals surface area contributed by atoms with E-state index in [1.165, 1.54) is 17.8 Å². The van der Waals surface area contributed by atoms with E-state index in [1.54, 1.807) is 6.07 Å². The Kier molecular flexibility index (Phi) is 4.31. The number of halogens is 2. The third kappa shape index (κ3) is 2.94. The summed E-state index contributed by atoms with van der Waals surface area (Å²) in [4.78, 5) is 25.4. The van der Waals surface area contributed by atoms with Gasteiger partial charge in [-0.3, -0.25) is 4.79 Å². The standard InChI is InChI=1S/C15H11Cl2NO4S/c1-18-2-3-23-11(18)6-9(19)8-4-7-5-10(15(20)21)22-14(7)13(17)12(8)16/h2-4,6,10H,5H2,1H3,(H,20,21). The minimum absolute atomic E-state index is 0.0666. The number of benzene rings is 1. The summed E-state index contributed by atoms with van der Waals surface area (Å²) < 4.78 is 5.30. The third-order valence-electron chi connectivity index (χ3n) is 3.52. The van der Waals surface area contributed by atoms with E-state index in [2.05, 4.69) is 0 Å². The van der Waals surface area contributed by atoms with E-state index < -0.39 is 12.1 Å². The highest BCUT2D eigenvalue weighted by atomic mass is 35.5. The lowest BCUT2D eigenvalue weighted by Crippen LogP contribution is -2.24. The van der Waals surface area contributed by atoms with Crippen LogP contribution in [0.4, 0.5) is 0 Å². The maximum absolute atomic E-state index is 12.5. The molecule has 0 radical (unpaired) electrons. The summed E-state index contributed by atoms with van der Waals surface area (Å²) >= 11 is 13.7. The smallest absolute Gasteiger partial charge is 0.345 e. The zero-order valence-corrected chi connectivity index (χ0v) is 14.2. The van der Waals surface area contributed by atoms with Gasteiger partial charge in [-0.15, -0.1) is 0 Å². The fraction of sp³-hybridized carbons (Fsp3) is 0.200. The average Bonchev–Trinajstić information content (AvgIpc) is 3.10. The van der Waals surface area contributed by atoms with Crippen LogP contribution in [0.15, 0.2) is 28.8 Å². The molecule has 0 aliphatic carbocycles. The number of nitrogens with zero attached hydrogens (tertiary/aromatic N) is 1. The Morgan fingerprint density at radius 3 is 2.78 bits per heavy atom. The molecule has 2 aliphatic rings. The zero-order valence-electron chi connectivity index (χ0n) is 11.9. The molecule has 0 fully saturated rings. The Morgan fingerprint density at radius 2 is 2.17 bits per heavy atom. The average molecular weight is 372 g/mol. The largest absolute Gasteiger partial charge is 0.478 e. The fourth-order valence-electron chi connectivity index (χ4n) is 2.32. The molecule has 0 saturated heterocycles. The lowest BCUT2D eigenvalue weighted by Gasteiger charge is -2.11. The van der Waals surface area contributed by atoms with Gasteiger partial charge in [0.15, 0.2) is 11.9 Å². The Bertz CT molecular complexity index is 775. The molecular weight excluding hydrogens is 361 g/mol. The van der Waals surface area contributed by atoms with Crippen LogP contribution in [-0.2, 0) is 11.2 Å². The SMILES string of the molecule is CN1C=CSC1=CC(=O)c1cc2c(c(Cl)c1Cl)OC(C(=O)O)C2. The predicted octanol–water partition coefficient (Wildman–Crippen LogP) is 3.56. The van der Waals surface area contributed by atoms with Crippen molar-refractivity contribution in [1.82, 2.24) is 4.90 Å². The number of thioether (sulfide) groups is 1. The lowest BCUT2D eigenvalue weighted by molar-refractivity contribution is -0.144. The number of ketones is 1. The zero-order chi connectivity index (χ0) is 16.7. The number of aliphatic carboxylic acids is 1. The highest BCUT2D eigenvalue weighted by Crippen LogP contribution is 2.43. The minimum atomic E-state index is -1.08. The molecule has 0 amide bonds. The van der Waals surface area contributed by atoms with Crippen LogP contribution in [0.3, 0.4) is 0 Å². The molecule has 1 N–H and O–H groups in total. The monoisotopic (exact) mass is 371 g/mol. The highest BCUT2D eigenvalue weighted by Gasteiger charge is 2.33. The maximum Gasteiger partial charge on any atom is 0.345 e. The summed E-state index contributed by atoms with van der Waals surface area (Å²) in [6, 6.07) is 1.55. The fourth-order valence-corrected chi connectivity index (χ4v) is 3.60. The number of rotatable bonds is 3. The van der Waals surface area contributed by atoms with Crippen molar-refractivity contribution in [3.05, 3.63) is 50.0 Å². The molecule has 3 rings (SSSR count). The van der Waals surface area contributed by atoms with Crippen molar-refractivity contribution in [3.63, 3.8) is 0 Å². The molecule has 0 saturated carbocycles. The van der Waals surface area contributed by atoms with Crippen molar-refractivity contribution < 1.29 is 19.4 Å². The number of fused-ring (bicyclic) bond motifs is 1. The molecule has 1 aromatic carbocycles. The summed E-state index contributed by atoms with van der Waals surface area (Å²) in [5.41, 5.74) is 0.803. The van der Waals surface area contributed by atoms with Crippen molar-refractivity contribution in [3.8, 4) is 5.75 Å². The maximum atomic E-state index is 12.5. The van der Waals surface area contributed by atoms with E-state index in [0.29, 0.717) is 5.56 Å². The summed E-state index contributed by atoms with van der Waals surface area (Å²) in [5, 5.41) is 11.8. The number of carboxylic acids is 1. The minimum Gasteiger partial charge on any atom is -0.478 e. The normalized spacial score (nSPS) is 20.7. The Morgan fingerprint density at radius 1 is 1.43 bits per heavy atom. The van der Waals surface area contributed by atoms with E-state index in [-0.39, 0.29) is 33.6 Å². The molecule has 8 heteroatoms. The lowest BCUT2D eigenvalue weighted by atomic mass is 10.0. The predicted molar refractivity (Wildman–Crippen MR) is 89.1 cm³/mol. The number of carbonyl (C=O) groups is 2. The summed E-state index contributed by atoms with van der Waals surface area (Å²) in [6.07, 6.45) is 2.45. The van der Waals surface area contributed by atoms with Gasteiger partial charge >= 0.3 is 5.97 Å². The van der Waals surface area contributed by atoms with Crippen LogP contribution >= 0.6 is 35.0 Å². The molecule has 1 aromatic rings. The van der Waals surface area contributed by atoms with Gasteiger partial charge in [-0.2, -0.15) is 0 Å². The molecule has 1 unspecified atom stereocenters. The molecule has 23 heavy (non-hydrogen) atoms. The van der Waals surface area contributed by atoms with Crippen LogP contribution < -0.4 is 4.74 Å². The van der Waals surface area contributed by atoms with E-state index >= 15 is 0 Å². The topological polar surface area (TPSA) is 66.8 Å². The molecular formula is C15H11Cl2NO4S. The van der Waals surface area contributed by atoms with Crippen molar-refractivity contribution in [2.45, 2.75) is 12.5 Å². The number of carbonyl (C=O) groups excluding carboxylic acids is 1. The van der Waals surface area contributed by atoms with Crippen LogP contribution in [0, 0.1) is 0 Å². The van der Waals surface area contributed by atoms with Crippen molar-refractivity contribution in [2.24, 2.45) is 0 Å².